The van der Waals surface area contributed by atoms with Crippen molar-refractivity contribution in [2.24, 2.45) is 5.41 Å². The van der Waals surface area contributed by atoms with E-state index in [1.54, 1.807) is 17.0 Å². The number of hydrogen-bond donors (Lipinski definition) is 2. The smallest absolute Gasteiger partial charge is 0.242 e. The molecule has 1 amide bonds. The highest BCUT2D eigenvalue weighted by molar-refractivity contribution is 5.82. The second kappa shape index (κ2) is 7.82. The minimum Gasteiger partial charge on any atom is -0.396 e. The number of likely N-dealkylation sites (tertiary alicyclic amines) is 1. The molecule has 2 heterocycles. The van der Waals surface area contributed by atoms with Gasteiger partial charge in [0.25, 0.3) is 0 Å². The summed E-state index contributed by atoms with van der Waals surface area (Å²) in [5.41, 5.74) is 0.791. The second-order valence-electron chi connectivity index (χ2n) is 7.64. The highest BCUT2D eigenvalue weighted by atomic mass is 16.3. The van der Waals surface area contributed by atoms with E-state index in [2.05, 4.69) is 0 Å². The first kappa shape index (κ1) is 19.6. The van der Waals surface area contributed by atoms with Gasteiger partial charge in [0.2, 0.25) is 5.91 Å². The number of rotatable bonds is 5. The summed E-state index contributed by atoms with van der Waals surface area (Å²) >= 11 is 0. The first-order chi connectivity index (χ1) is 12.9. The summed E-state index contributed by atoms with van der Waals surface area (Å²) in [6, 6.07) is 8.86. The quantitative estimate of drug-likeness (QED) is 0.837. The van der Waals surface area contributed by atoms with Gasteiger partial charge in [0.05, 0.1) is 18.2 Å². The lowest BCUT2D eigenvalue weighted by molar-refractivity contribution is -0.143. The Morgan fingerprint density at radius 3 is 2.78 bits per heavy atom. The van der Waals surface area contributed by atoms with Crippen LogP contribution in [0, 0.1) is 12.3 Å². The van der Waals surface area contributed by atoms with Crippen LogP contribution in [0.4, 0.5) is 0 Å². The molecule has 6 heteroatoms. The number of benzene rings is 1. The molecule has 1 aromatic heterocycles. The van der Waals surface area contributed by atoms with Gasteiger partial charge in [-0.25, -0.2) is 0 Å². The maximum atomic E-state index is 13.0. The van der Waals surface area contributed by atoms with Crippen LogP contribution >= 0.6 is 0 Å². The van der Waals surface area contributed by atoms with Crippen molar-refractivity contribution in [2.75, 3.05) is 19.7 Å². The van der Waals surface area contributed by atoms with Crippen LogP contribution in [0.25, 0.3) is 10.9 Å². The fourth-order valence-corrected chi connectivity index (χ4v) is 4.24. The molecular weight excluding hydrogens is 344 g/mol. The number of aromatic nitrogens is 1. The molecule has 1 aliphatic heterocycles. The lowest BCUT2D eigenvalue weighted by Crippen LogP contribution is -2.55. The van der Waals surface area contributed by atoms with Crippen molar-refractivity contribution in [3.8, 4) is 0 Å². The number of nitrogens with zero attached hydrogens (tertiary/aromatic N) is 2. The molecule has 1 aromatic carbocycles. The molecule has 0 unspecified atom stereocenters. The zero-order valence-corrected chi connectivity index (χ0v) is 16.0. The molecule has 0 aliphatic carbocycles. The second-order valence-corrected chi connectivity index (χ2v) is 7.64. The number of carbonyl (C=O) groups excluding carboxylic acids is 1. The van der Waals surface area contributed by atoms with Gasteiger partial charge >= 0.3 is 0 Å². The van der Waals surface area contributed by atoms with Gasteiger partial charge in [-0.05, 0) is 31.9 Å². The van der Waals surface area contributed by atoms with Crippen LogP contribution in [0.3, 0.4) is 0 Å². The van der Waals surface area contributed by atoms with Crippen molar-refractivity contribution in [1.82, 2.24) is 9.47 Å². The zero-order valence-electron chi connectivity index (χ0n) is 16.0. The molecule has 1 saturated heterocycles. The molecule has 146 valence electrons. The number of aliphatic hydroxyl groups is 2. The van der Waals surface area contributed by atoms with Crippen LogP contribution in [0.1, 0.15) is 31.9 Å². The van der Waals surface area contributed by atoms with Gasteiger partial charge in [-0.2, -0.15) is 0 Å². The summed E-state index contributed by atoms with van der Waals surface area (Å²) in [6.07, 6.45) is 1.38. The fraction of sp³-hybridized carbons (Fsp3) is 0.524. The molecule has 1 fully saturated rings. The van der Waals surface area contributed by atoms with Crippen molar-refractivity contribution in [3.63, 3.8) is 0 Å². The standard InChI is InChI=1S/C21H28N2O4/c1-3-9-21(14-24)13-22(10-8-19(21)26)20(27)12-23-15(2)11-18(25)16-6-4-5-7-17(16)23/h4-7,11,19,24,26H,3,8-10,12-14H2,1-2H3/t19-,21-/m0/s1. The third-order valence-electron chi connectivity index (χ3n) is 5.82. The number of aryl methyl sites for hydroxylation is 1. The third kappa shape index (κ3) is 3.64. The van der Waals surface area contributed by atoms with Gasteiger partial charge in [-0.3, -0.25) is 9.59 Å². The van der Waals surface area contributed by atoms with Gasteiger partial charge in [0.15, 0.2) is 5.43 Å². The summed E-state index contributed by atoms with van der Waals surface area (Å²) in [4.78, 5) is 27.0. The average molecular weight is 372 g/mol. The van der Waals surface area contributed by atoms with E-state index in [9.17, 15) is 19.8 Å². The molecule has 0 bridgehead atoms. The number of carbonyl (C=O) groups is 1. The average Bonchev–Trinajstić information content (AvgIpc) is 2.67. The highest BCUT2D eigenvalue weighted by Crippen LogP contribution is 2.34. The predicted molar refractivity (Wildman–Crippen MR) is 105 cm³/mol. The number of aliphatic hydroxyl groups excluding tert-OH is 2. The van der Waals surface area contributed by atoms with Gasteiger partial charge < -0.3 is 19.7 Å². The highest BCUT2D eigenvalue weighted by Gasteiger charge is 2.42. The van der Waals surface area contributed by atoms with Crippen molar-refractivity contribution >= 4 is 16.8 Å². The Hall–Kier alpha value is -2.18. The van der Waals surface area contributed by atoms with E-state index < -0.39 is 11.5 Å². The number of fused-ring (bicyclic) bond motifs is 1. The molecule has 0 spiro atoms. The largest absolute Gasteiger partial charge is 0.396 e. The first-order valence-electron chi connectivity index (χ1n) is 9.58. The Morgan fingerprint density at radius 2 is 2.07 bits per heavy atom. The maximum Gasteiger partial charge on any atom is 0.242 e. The van der Waals surface area contributed by atoms with Gasteiger partial charge in [-0.1, -0.05) is 25.5 Å². The number of hydrogen-bond acceptors (Lipinski definition) is 4. The van der Waals surface area contributed by atoms with E-state index in [0.29, 0.717) is 31.3 Å². The lowest BCUT2D eigenvalue weighted by atomic mass is 9.74. The van der Waals surface area contributed by atoms with Gasteiger partial charge in [0.1, 0.15) is 6.54 Å². The Bertz CT molecular complexity index is 891. The van der Waals surface area contributed by atoms with Crippen LogP contribution in [-0.4, -0.2) is 51.4 Å². The molecule has 2 aromatic rings. The van der Waals surface area contributed by atoms with Crippen LogP contribution in [0.15, 0.2) is 35.1 Å². The van der Waals surface area contributed by atoms with Gasteiger partial charge in [-0.15, -0.1) is 0 Å². The fourth-order valence-electron chi connectivity index (χ4n) is 4.24. The van der Waals surface area contributed by atoms with E-state index in [-0.39, 0.29) is 24.5 Å². The van der Waals surface area contributed by atoms with Crippen LogP contribution in [0.2, 0.25) is 0 Å². The van der Waals surface area contributed by atoms with Crippen molar-refractivity contribution < 1.29 is 15.0 Å². The summed E-state index contributed by atoms with van der Waals surface area (Å²) in [5.74, 6) is -0.0623. The summed E-state index contributed by atoms with van der Waals surface area (Å²) in [7, 11) is 0. The lowest BCUT2D eigenvalue weighted by Gasteiger charge is -2.45. The van der Waals surface area contributed by atoms with Gasteiger partial charge in [0, 0.05) is 35.7 Å². The van der Waals surface area contributed by atoms with E-state index in [4.69, 9.17) is 0 Å². The minimum atomic E-state index is -0.649. The molecule has 2 N–H and O–H groups in total. The molecule has 1 aliphatic rings. The Labute approximate surface area is 159 Å². The van der Waals surface area contributed by atoms with E-state index in [0.717, 1.165) is 17.6 Å². The minimum absolute atomic E-state index is 0.0462. The Kier molecular flexibility index (Phi) is 5.67. The van der Waals surface area contributed by atoms with E-state index >= 15 is 0 Å². The molecule has 2 atom stereocenters. The van der Waals surface area contributed by atoms with Crippen LogP contribution < -0.4 is 5.43 Å². The zero-order chi connectivity index (χ0) is 19.6. The molecule has 3 rings (SSSR count). The predicted octanol–water partition coefficient (Wildman–Crippen LogP) is 1.68. The molecule has 0 radical (unpaired) electrons. The molecule has 6 nitrogen and oxygen atoms in total. The SMILES string of the molecule is CCC[C@@]1(CO)CN(C(=O)Cn2c(C)cc(=O)c3ccccc32)CC[C@@H]1O. The number of piperidine rings is 1. The first-order valence-corrected chi connectivity index (χ1v) is 9.58. The maximum absolute atomic E-state index is 13.0. The number of pyridine rings is 1. The van der Waals surface area contributed by atoms with Crippen LogP contribution in [0.5, 0.6) is 0 Å². The normalized spacial score (nSPS) is 23.0. The van der Waals surface area contributed by atoms with Crippen molar-refractivity contribution in [2.45, 2.75) is 45.8 Å². The summed E-state index contributed by atoms with van der Waals surface area (Å²) in [6.45, 7) is 4.68. The molecule has 0 saturated carbocycles. The van der Waals surface area contributed by atoms with E-state index in [1.165, 1.54) is 0 Å². The Morgan fingerprint density at radius 1 is 1.33 bits per heavy atom. The topological polar surface area (TPSA) is 82.8 Å². The van der Waals surface area contributed by atoms with Crippen molar-refractivity contribution in [1.29, 1.82) is 0 Å². The summed E-state index contributed by atoms with van der Waals surface area (Å²) < 4.78 is 1.87. The third-order valence-corrected chi connectivity index (χ3v) is 5.82. The monoisotopic (exact) mass is 372 g/mol. The molecular formula is C21H28N2O4. The number of amides is 1. The number of para-hydroxylation sites is 1. The van der Waals surface area contributed by atoms with E-state index in [1.807, 2.05) is 36.6 Å². The summed E-state index contributed by atoms with van der Waals surface area (Å²) in [5, 5.41) is 20.9. The molecule has 27 heavy (non-hydrogen) atoms. The Balaban J connectivity index is 1.88. The van der Waals surface area contributed by atoms with Crippen LogP contribution in [-0.2, 0) is 11.3 Å². The van der Waals surface area contributed by atoms with Crippen molar-refractivity contribution in [3.05, 3.63) is 46.2 Å².